The maximum atomic E-state index is 5.50. The number of hydrogen-bond acceptors (Lipinski definition) is 7. The topological polar surface area (TPSA) is 67.8 Å². The molecule has 0 spiro atoms. The standard InChI is InChI=1S/C20H24N4O3/c1-2-25-17-7-5-16(6-8-17)14-23-9-11-24(12-10-23)15-19-21-20(22-27-19)18-4-3-13-26-18/h3-8,13H,2,9-12,14-15H2,1H3. The lowest BCUT2D eigenvalue weighted by atomic mass is 10.2. The van der Waals surface area contributed by atoms with Crippen molar-refractivity contribution in [2.45, 2.75) is 20.0 Å². The van der Waals surface area contributed by atoms with Crippen LogP contribution in [0.5, 0.6) is 5.75 Å². The van der Waals surface area contributed by atoms with Gasteiger partial charge in [-0.3, -0.25) is 9.80 Å². The van der Waals surface area contributed by atoms with Crippen LogP contribution in [0.15, 0.2) is 51.6 Å². The first-order valence-electron chi connectivity index (χ1n) is 9.33. The van der Waals surface area contributed by atoms with E-state index in [1.807, 2.05) is 31.2 Å². The lowest BCUT2D eigenvalue weighted by Gasteiger charge is -2.33. The van der Waals surface area contributed by atoms with E-state index in [1.165, 1.54) is 5.56 Å². The van der Waals surface area contributed by atoms with Gasteiger partial charge in [0.05, 0.1) is 19.4 Å². The molecule has 0 radical (unpaired) electrons. The molecule has 0 bridgehead atoms. The molecule has 4 rings (SSSR count). The first-order chi connectivity index (χ1) is 13.3. The Bertz CT molecular complexity index is 821. The van der Waals surface area contributed by atoms with Crippen LogP contribution in [0.4, 0.5) is 0 Å². The van der Waals surface area contributed by atoms with Crippen LogP contribution in [0.3, 0.4) is 0 Å². The van der Waals surface area contributed by atoms with E-state index in [0.717, 1.165) is 38.5 Å². The molecule has 3 aromatic rings. The summed E-state index contributed by atoms with van der Waals surface area (Å²) in [6, 6.07) is 12.0. The van der Waals surface area contributed by atoms with Crippen molar-refractivity contribution >= 4 is 0 Å². The summed E-state index contributed by atoms with van der Waals surface area (Å²) in [6.45, 7) is 8.34. The van der Waals surface area contributed by atoms with E-state index >= 15 is 0 Å². The largest absolute Gasteiger partial charge is 0.494 e. The molecule has 7 nitrogen and oxygen atoms in total. The van der Waals surface area contributed by atoms with Gasteiger partial charge in [0.25, 0.3) is 0 Å². The zero-order chi connectivity index (χ0) is 18.5. The second-order valence-electron chi connectivity index (χ2n) is 6.62. The summed E-state index contributed by atoms with van der Waals surface area (Å²) in [5, 5.41) is 3.99. The van der Waals surface area contributed by atoms with Crippen LogP contribution in [-0.2, 0) is 13.1 Å². The Balaban J connectivity index is 1.25. The highest BCUT2D eigenvalue weighted by Gasteiger charge is 2.20. The molecule has 1 fully saturated rings. The zero-order valence-electron chi connectivity index (χ0n) is 15.5. The Kier molecular flexibility index (Phi) is 5.50. The Labute approximate surface area is 158 Å². The smallest absolute Gasteiger partial charge is 0.241 e. The molecule has 1 aliphatic heterocycles. The molecular formula is C20H24N4O3. The van der Waals surface area contributed by atoms with Crippen LogP contribution >= 0.6 is 0 Å². The predicted molar refractivity (Wildman–Crippen MR) is 100 cm³/mol. The van der Waals surface area contributed by atoms with Gasteiger partial charge in [-0.25, -0.2) is 0 Å². The van der Waals surface area contributed by atoms with Gasteiger partial charge in [0.2, 0.25) is 11.7 Å². The highest BCUT2D eigenvalue weighted by Crippen LogP contribution is 2.18. The number of furan rings is 1. The fraction of sp³-hybridized carbons (Fsp3) is 0.400. The molecule has 1 aromatic carbocycles. The number of rotatable bonds is 7. The van der Waals surface area contributed by atoms with E-state index in [-0.39, 0.29) is 0 Å². The van der Waals surface area contributed by atoms with Crippen molar-refractivity contribution in [2.24, 2.45) is 0 Å². The minimum Gasteiger partial charge on any atom is -0.494 e. The highest BCUT2D eigenvalue weighted by atomic mass is 16.5. The van der Waals surface area contributed by atoms with Gasteiger partial charge in [-0.1, -0.05) is 17.3 Å². The average Bonchev–Trinajstić information content (AvgIpc) is 3.37. The van der Waals surface area contributed by atoms with E-state index in [1.54, 1.807) is 6.26 Å². The number of benzene rings is 1. The average molecular weight is 368 g/mol. The molecule has 1 saturated heterocycles. The van der Waals surface area contributed by atoms with E-state index in [9.17, 15) is 0 Å². The van der Waals surface area contributed by atoms with E-state index in [4.69, 9.17) is 13.7 Å². The van der Waals surface area contributed by atoms with Gasteiger partial charge in [0.1, 0.15) is 5.75 Å². The molecule has 0 atom stereocenters. The van der Waals surface area contributed by atoms with Gasteiger partial charge >= 0.3 is 0 Å². The molecule has 1 aliphatic rings. The van der Waals surface area contributed by atoms with Crippen LogP contribution in [0, 0.1) is 0 Å². The summed E-state index contributed by atoms with van der Waals surface area (Å²) < 4.78 is 16.2. The van der Waals surface area contributed by atoms with Crippen molar-refractivity contribution in [3.05, 3.63) is 54.1 Å². The van der Waals surface area contributed by atoms with Crippen LogP contribution < -0.4 is 4.74 Å². The van der Waals surface area contributed by atoms with Gasteiger partial charge in [-0.05, 0) is 36.8 Å². The molecule has 2 aromatic heterocycles. The lowest BCUT2D eigenvalue weighted by Crippen LogP contribution is -2.45. The van der Waals surface area contributed by atoms with E-state index in [2.05, 4.69) is 32.1 Å². The van der Waals surface area contributed by atoms with Crippen molar-refractivity contribution in [2.75, 3.05) is 32.8 Å². The lowest BCUT2D eigenvalue weighted by molar-refractivity contribution is 0.112. The Morgan fingerprint density at radius 2 is 1.74 bits per heavy atom. The van der Waals surface area contributed by atoms with Crippen LogP contribution in [0.1, 0.15) is 18.4 Å². The monoisotopic (exact) mass is 368 g/mol. The van der Waals surface area contributed by atoms with Crippen molar-refractivity contribution < 1.29 is 13.7 Å². The molecule has 142 valence electrons. The molecule has 0 aliphatic carbocycles. The molecule has 0 amide bonds. The molecule has 7 heteroatoms. The molecular weight excluding hydrogens is 344 g/mol. The van der Waals surface area contributed by atoms with Gasteiger partial charge in [0.15, 0.2) is 5.76 Å². The third kappa shape index (κ3) is 4.56. The van der Waals surface area contributed by atoms with Crippen molar-refractivity contribution in [1.82, 2.24) is 19.9 Å². The first kappa shape index (κ1) is 17.8. The summed E-state index contributed by atoms with van der Waals surface area (Å²) in [4.78, 5) is 9.23. The number of aromatic nitrogens is 2. The second kappa shape index (κ2) is 8.37. The van der Waals surface area contributed by atoms with Crippen molar-refractivity contribution in [3.8, 4) is 17.3 Å². The number of ether oxygens (including phenoxy) is 1. The van der Waals surface area contributed by atoms with E-state index < -0.39 is 0 Å². The second-order valence-corrected chi connectivity index (χ2v) is 6.62. The fourth-order valence-electron chi connectivity index (χ4n) is 3.24. The first-order valence-corrected chi connectivity index (χ1v) is 9.33. The number of hydrogen-bond donors (Lipinski definition) is 0. The van der Waals surface area contributed by atoms with Gasteiger partial charge < -0.3 is 13.7 Å². The Morgan fingerprint density at radius 3 is 2.41 bits per heavy atom. The summed E-state index contributed by atoms with van der Waals surface area (Å²) >= 11 is 0. The van der Waals surface area contributed by atoms with Crippen LogP contribution in [0.25, 0.3) is 11.6 Å². The fourth-order valence-corrected chi connectivity index (χ4v) is 3.24. The molecule has 0 unspecified atom stereocenters. The molecule has 3 heterocycles. The summed E-state index contributed by atoms with van der Waals surface area (Å²) in [7, 11) is 0. The minimum absolute atomic E-state index is 0.504. The van der Waals surface area contributed by atoms with Crippen LogP contribution in [-0.4, -0.2) is 52.7 Å². The van der Waals surface area contributed by atoms with Crippen molar-refractivity contribution in [1.29, 1.82) is 0 Å². The van der Waals surface area contributed by atoms with Gasteiger partial charge in [-0.15, -0.1) is 0 Å². The summed E-state index contributed by atoms with van der Waals surface area (Å²) in [5.41, 5.74) is 1.31. The normalized spacial score (nSPS) is 15.9. The van der Waals surface area contributed by atoms with Crippen molar-refractivity contribution in [3.63, 3.8) is 0 Å². The third-order valence-corrected chi connectivity index (χ3v) is 4.67. The maximum Gasteiger partial charge on any atom is 0.241 e. The van der Waals surface area contributed by atoms with E-state index in [0.29, 0.717) is 30.6 Å². The maximum absolute atomic E-state index is 5.50. The number of nitrogens with zero attached hydrogens (tertiary/aromatic N) is 4. The number of piperazine rings is 1. The van der Waals surface area contributed by atoms with Gasteiger partial charge in [-0.2, -0.15) is 4.98 Å². The zero-order valence-corrected chi connectivity index (χ0v) is 15.5. The SMILES string of the molecule is CCOc1ccc(CN2CCN(Cc3nc(-c4ccco4)no3)CC2)cc1. The molecule has 0 saturated carbocycles. The summed E-state index contributed by atoms with van der Waals surface area (Å²) in [5.74, 6) is 2.69. The highest BCUT2D eigenvalue weighted by molar-refractivity contribution is 5.44. The molecule has 0 N–H and O–H groups in total. The van der Waals surface area contributed by atoms with Gasteiger partial charge in [0, 0.05) is 32.7 Å². The third-order valence-electron chi connectivity index (χ3n) is 4.67. The predicted octanol–water partition coefficient (Wildman–Crippen LogP) is 3.05. The van der Waals surface area contributed by atoms with Crippen LogP contribution in [0.2, 0.25) is 0 Å². The minimum atomic E-state index is 0.504. The summed E-state index contributed by atoms with van der Waals surface area (Å²) in [6.07, 6.45) is 1.61. The quantitative estimate of drug-likeness (QED) is 0.635. The molecule has 27 heavy (non-hydrogen) atoms. The Hall–Kier alpha value is -2.64. The Morgan fingerprint density at radius 1 is 1.00 bits per heavy atom.